The molecule has 0 amide bonds. The van der Waals surface area contributed by atoms with Gasteiger partial charge in [0.25, 0.3) is 6.43 Å². The third-order valence-corrected chi connectivity index (χ3v) is 2.21. The van der Waals surface area contributed by atoms with E-state index in [9.17, 15) is 13.6 Å². The maximum absolute atomic E-state index is 12.5. The molecule has 0 spiro atoms. The van der Waals surface area contributed by atoms with Gasteiger partial charge in [0.1, 0.15) is 0 Å². The van der Waals surface area contributed by atoms with E-state index in [1.165, 1.54) is 6.07 Å². The van der Waals surface area contributed by atoms with Crippen LogP contribution < -0.4 is 0 Å². The Labute approximate surface area is 86.5 Å². The van der Waals surface area contributed by atoms with Crippen molar-refractivity contribution in [3.63, 3.8) is 0 Å². The molecular formula is C11H12F2O2. The van der Waals surface area contributed by atoms with Gasteiger partial charge in [0, 0.05) is 12.0 Å². The minimum Gasteiger partial charge on any atom is -0.481 e. The van der Waals surface area contributed by atoms with Crippen molar-refractivity contribution in [3.05, 3.63) is 34.9 Å². The number of carboxylic acids is 1. The zero-order valence-corrected chi connectivity index (χ0v) is 8.34. The van der Waals surface area contributed by atoms with E-state index in [0.29, 0.717) is 11.1 Å². The molecule has 0 fully saturated rings. The van der Waals surface area contributed by atoms with Crippen molar-refractivity contribution in [2.75, 3.05) is 0 Å². The molecule has 0 aliphatic heterocycles. The maximum Gasteiger partial charge on any atom is 0.303 e. The van der Waals surface area contributed by atoms with Gasteiger partial charge in [-0.2, -0.15) is 0 Å². The highest BCUT2D eigenvalue weighted by Crippen LogP contribution is 2.23. The number of carbonyl (C=O) groups is 1. The van der Waals surface area contributed by atoms with Crippen LogP contribution in [0.2, 0.25) is 0 Å². The van der Waals surface area contributed by atoms with Crippen LogP contribution >= 0.6 is 0 Å². The average molecular weight is 214 g/mol. The van der Waals surface area contributed by atoms with Crippen molar-refractivity contribution in [2.24, 2.45) is 0 Å². The van der Waals surface area contributed by atoms with Gasteiger partial charge in [-0.1, -0.05) is 12.1 Å². The second kappa shape index (κ2) is 4.87. The molecule has 1 aromatic rings. The van der Waals surface area contributed by atoms with E-state index in [1.807, 2.05) is 0 Å². The van der Waals surface area contributed by atoms with Crippen LogP contribution in [-0.2, 0) is 11.2 Å². The van der Waals surface area contributed by atoms with Crippen LogP contribution in [0.3, 0.4) is 0 Å². The Kier molecular flexibility index (Phi) is 3.77. The lowest BCUT2D eigenvalue weighted by molar-refractivity contribution is -0.136. The van der Waals surface area contributed by atoms with E-state index in [1.54, 1.807) is 19.1 Å². The van der Waals surface area contributed by atoms with Gasteiger partial charge in [-0.15, -0.1) is 0 Å². The predicted molar refractivity (Wildman–Crippen MR) is 52.1 cm³/mol. The average Bonchev–Trinajstić information content (AvgIpc) is 2.16. The molecule has 82 valence electrons. The first-order valence-electron chi connectivity index (χ1n) is 4.60. The lowest BCUT2D eigenvalue weighted by atomic mass is 10.0. The molecule has 0 aromatic heterocycles. The fraction of sp³-hybridized carbons (Fsp3) is 0.364. The summed E-state index contributed by atoms with van der Waals surface area (Å²) >= 11 is 0. The quantitative estimate of drug-likeness (QED) is 0.836. The molecule has 1 aromatic carbocycles. The fourth-order valence-electron chi connectivity index (χ4n) is 1.33. The summed E-state index contributed by atoms with van der Waals surface area (Å²) in [7, 11) is 0. The Balaban J connectivity index is 2.83. The summed E-state index contributed by atoms with van der Waals surface area (Å²) in [5, 5.41) is 8.46. The first-order chi connectivity index (χ1) is 7.00. The Bertz CT molecular complexity index is 362. The van der Waals surface area contributed by atoms with Crippen molar-refractivity contribution in [1.82, 2.24) is 0 Å². The maximum atomic E-state index is 12.5. The molecule has 0 unspecified atom stereocenters. The van der Waals surface area contributed by atoms with Gasteiger partial charge in [-0.25, -0.2) is 8.78 Å². The molecule has 0 bridgehead atoms. The highest BCUT2D eigenvalue weighted by molar-refractivity contribution is 5.67. The van der Waals surface area contributed by atoms with E-state index in [4.69, 9.17) is 5.11 Å². The van der Waals surface area contributed by atoms with Crippen LogP contribution in [0, 0.1) is 6.92 Å². The molecular weight excluding hydrogens is 202 g/mol. The van der Waals surface area contributed by atoms with Gasteiger partial charge in [-0.05, 0) is 30.5 Å². The van der Waals surface area contributed by atoms with Crippen LogP contribution in [0.25, 0.3) is 0 Å². The summed E-state index contributed by atoms with van der Waals surface area (Å²) in [4.78, 5) is 10.3. The van der Waals surface area contributed by atoms with Crippen LogP contribution in [-0.4, -0.2) is 11.1 Å². The van der Waals surface area contributed by atoms with Crippen molar-refractivity contribution in [2.45, 2.75) is 26.2 Å². The summed E-state index contributed by atoms with van der Waals surface area (Å²) in [6.45, 7) is 1.61. The monoisotopic (exact) mass is 214 g/mol. The van der Waals surface area contributed by atoms with Crippen molar-refractivity contribution in [3.8, 4) is 0 Å². The summed E-state index contributed by atoms with van der Waals surface area (Å²) in [6, 6.07) is 4.66. The van der Waals surface area contributed by atoms with Crippen LogP contribution in [0.15, 0.2) is 18.2 Å². The third kappa shape index (κ3) is 3.31. The first-order valence-corrected chi connectivity index (χ1v) is 4.60. The number of aryl methyl sites for hydroxylation is 2. The van der Waals surface area contributed by atoms with Crippen molar-refractivity contribution < 1.29 is 18.7 Å². The number of benzene rings is 1. The molecule has 0 heterocycles. The molecule has 0 atom stereocenters. The molecule has 0 saturated carbocycles. The van der Waals surface area contributed by atoms with E-state index in [2.05, 4.69) is 0 Å². The minimum atomic E-state index is -2.50. The van der Waals surface area contributed by atoms with Gasteiger partial charge in [-0.3, -0.25) is 4.79 Å². The molecule has 0 radical (unpaired) electrons. The normalized spacial score (nSPS) is 10.7. The zero-order chi connectivity index (χ0) is 11.4. The fourth-order valence-corrected chi connectivity index (χ4v) is 1.33. The number of aliphatic carboxylic acids is 1. The predicted octanol–water partition coefficient (Wildman–Crippen LogP) is 2.95. The number of alkyl halides is 2. The SMILES string of the molecule is Cc1ccc(CCC(=O)O)cc1C(F)F. The molecule has 0 saturated heterocycles. The lowest BCUT2D eigenvalue weighted by Crippen LogP contribution is -1.99. The Morgan fingerprint density at radius 1 is 1.47 bits per heavy atom. The highest BCUT2D eigenvalue weighted by atomic mass is 19.3. The second-order valence-electron chi connectivity index (χ2n) is 3.39. The summed E-state index contributed by atoms with van der Waals surface area (Å²) < 4.78 is 25.0. The lowest BCUT2D eigenvalue weighted by Gasteiger charge is -2.07. The summed E-state index contributed by atoms with van der Waals surface area (Å²) in [5.41, 5.74) is 1.15. The molecule has 4 heteroatoms. The smallest absolute Gasteiger partial charge is 0.303 e. The number of hydrogen-bond acceptors (Lipinski definition) is 1. The van der Waals surface area contributed by atoms with E-state index < -0.39 is 12.4 Å². The van der Waals surface area contributed by atoms with Crippen LogP contribution in [0.5, 0.6) is 0 Å². The van der Waals surface area contributed by atoms with Gasteiger partial charge < -0.3 is 5.11 Å². The topological polar surface area (TPSA) is 37.3 Å². The van der Waals surface area contributed by atoms with Gasteiger partial charge in [0.15, 0.2) is 0 Å². The van der Waals surface area contributed by atoms with Gasteiger partial charge in [0.05, 0.1) is 0 Å². The Morgan fingerprint density at radius 2 is 2.13 bits per heavy atom. The first kappa shape index (κ1) is 11.6. The third-order valence-electron chi connectivity index (χ3n) is 2.21. The van der Waals surface area contributed by atoms with Crippen molar-refractivity contribution >= 4 is 5.97 Å². The van der Waals surface area contributed by atoms with E-state index in [0.717, 1.165) is 0 Å². The number of halogens is 2. The molecule has 2 nitrogen and oxygen atoms in total. The van der Waals surface area contributed by atoms with E-state index in [-0.39, 0.29) is 18.4 Å². The summed E-state index contributed by atoms with van der Waals surface area (Å²) in [6.07, 6.45) is -2.25. The van der Waals surface area contributed by atoms with Gasteiger partial charge >= 0.3 is 5.97 Å². The second-order valence-corrected chi connectivity index (χ2v) is 3.39. The number of hydrogen-bond donors (Lipinski definition) is 1. The number of carboxylic acid groups (broad SMARTS) is 1. The standard InChI is InChI=1S/C11H12F2O2/c1-7-2-3-8(4-5-10(14)15)6-9(7)11(12)13/h2-3,6,11H,4-5H2,1H3,(H,14,15). The van der Waals surface area contributed by atoms with Gasteiger partial charge in [0.2, 0.25) is 0 Å². The van der Waals surface area contributed by atoms with Crippen LogP contribution in [0.4, 0.5) is 8.78 Å². The largest absolute Gasteiger partial charge is 0.481 e. The Hall–Kier alpha value is -1.45. The minimum absolute atomic E-state index is 0.0158. The zero-order valence-electron chi connectivity index (χ0n) is 8.34. The molecule has 15 heavy (non-hydrogen) atoms. The van der Waals surface area contributed by atoms with E-state index >= 15 is 0 Å². The summed E-state index contributed by atoms with van der Waals surface area (Å²) in [5.74, 6) is -0.922. The van der Waals surface area contributed by atoms with Crippen molar-refractivity contribution in [1.29, 1.82) is 0 Å². The Morgan fingerprint density at radius 3 is 2.67 bits per heavy atom. The molecule has 1 rings (SSSR count). The molecule has 1 N–H and O–H groups in total. The highest BCUT2D eigenvalue weighted by Gasteiger charge is 2.11. The molecule has 0 aliphatic rings. The number of rotatable bonds is 4. The molecule has 0 aliphatic carbocycles. The van der Waals surface area contributed by atoms with Crippen LogP contribution in [0.1, 0.15) is 29.5 Å².